The number of carbonyl (C=O) groups excluding carboxylic acids is 1. The molecule has 1 fully saturated rings. The van der Waals surface area contributed by atoms with Gasteiger partial charge in [0, 0.05) is 29.3 Å². The average molecular weight is 314 g/mol. The summed E-state index contributed by atoms with van der Waals surface area (Å²) in [6, 6.07) is 15.8. The van der Waals surface area contributed by atoms with Crippen LogP contribution in [-0.4, -0.2) is 11.9 Å². The molecule has 1 saturated carbocycles. The molecule has 0 heterocycles. The first-order valence-corrected chi connectivity index (χ1v) is 7.95. The molecule has 0 radical (unpaired) electrons. The molecule has 0 atom stereocenters. The van der Waals surface area contributed by atoms with Gasteiger partial charge in [0.15, 0.2) is 0 Å². The minimum absolute atomic E-state index is 0.440. The molecule has 0 aliphatic heterocycles. The monoisotopic (exact) mass is 314 g/mol. The molecular weight excluding hydrogens is 296 g/mol. The van der Waals surface area contributed by atoms with Crippen LogP contribution in [-0.2, 0) is 6.54 Å². The maximum absolute atomic E-state index is 11.0. The Morgan fingerprint density at radius 1 is 0.958 bits per heavy atom. The predicted molar refractivity (Wildman–Crippen MR) is 95.0 cm³/mol. The Balaban J connectivity index is 1.57. The van der Waals surface area contributed by atoms with Crippen molar-refractivity contribution in [3.8, 4) is 23.7 Å². The van der Waals surface area contributed by atoms with Crippen molar-refractivity contribution in [3.05, 3.63) is 70.8 Å². The van der Waals surface area contributed by atoms with Crippen LogP contribution in [0.2, 0.25) is 0 Å². The number of nitrogens with two attached hydrogens (primary N) is 1. The minimum Gasteiger partial charge on any atom is -0.366 e. The van der Waals surface area contributed by atoms with Gasteiger partial charge in [-0.05, 0) is 66.6 Å². The second kappa shape index (κ2) is 7.51. The maximum atomic E-state index is 11.0. The number of primary amides is 1. The van der Waals surface area contributed by atoms with Crippen LogP contribution in [0.15, 0.2) is 48.5 Å². The Bertz CT molecular complexity index is 839. The van der Waals surface area contributed by atoms with E-state index in [0.29, 0.717) is 5.56 Å². The van der Waals surface area contributed by atoms with Gasteiger partial charge >= 0.3 is 0 Å². The molecule has 3 N–H and O–H groups in total. The number of benzene rings is 2. The summed E-state index contributed by atoms with van der Waals surface area (Å²) in [5, 5.41) is 3.49. The summed E-state index contributed by atoms with van der Waals surface area (Å²) < 4.78 is 0. The zero-order valence-corrected chi connectivity index (χ0v) is 13.3. The van der Waals surface area contributed by atoms with Gasteiger partial charge in [0.05, 0.1) is 0 Å². The van der Waals surface area contributed by atoms with E-state index in [1.165, 1.54) is 18.4 Å². The van der Waals surface area contributed by atoms with Gasteiger partial charge in [0.2, 0.25) is 5.91 Å². The third-order valence-corrected chi connectivity index (χ3v) is 3.77. The summed E-state index contributed by atoms with van der Waals surface area (Å²) >= 11 is 0. The molecule has 3 rings (SSSR count). The van der Waals surface area contributed by atoms with Crippen LogP contribution in [0.5, 0.6) is 0 Å². The normalized spacial score (nSPS) is 12.5. The first-order valence-electron chi connectivity index (χ1n) is 7.95. The average Bonchev–Trinajstić information content (AvgIpc) is 3.43. The van der Waals surface area contributed by atoms with E-state index < -0.39 is 5.91 Å². The van der Waals surface area contributed by atoms with E-state index in [0.717, 1.165) is 23.7 Å². The van der Waals surface area contributed by atoms with Gasteiger partial charge < -0.3 is 11.1 Å². The Labute approximate surface area is 142 Å². The Hall–Kier alpha value is -3.01. The highest BCUT2D eigenvalue weighted by Crippen LogP contribution is 2.19. The van der Waals surface area contributed by atoms with Crippen LogP contribution in [0.25, 0.3) is 0 Å². The fraction of sp³-hybridized carbons (Fsp3) is 0.190. The summed E-state index contributed by atoms with van der Waals surface area (Å²) in [7, 11) is 0. The smallest absolute Gasteiger partial charge is 0.248 e. The molecular formula is C21H18N2O. The maximum Gasteiger partial charge on any atom is 0.248 e. The number of hydrogen-bond acceptors (Lipinski definition) is 2. The molecule has 0 aromatic heterocycles. The lowest BCUT2D eigenvalue weighted by atomic mass is 10.1. The first-order chi connectivity index (χ1) is 11.7. The van der Waals surface area contributed by atoms with Crippen LogP contribution < -0.4 is 11.1 Å². The third kappa shape index (κ3) is 4.74. The van der Waals surface area contributed by atoms with Crippen molar-refractivity contribution in [1.82, 2.24) is 5.32 Å². The topological polar surface area (TPSA) is 55.1 Å². The molecule has 0 saturated heterocycles. The van der Waals surface area contributed by atoms with E-state index in [1.807, 2.05) is 12.1 Å². The van der Waals surface area contributed by atoms with Crippen molar-refractivity contribution >= 4 is 5.91 Å². The Morgan fingerprint density at radius 3 is 2.00 bits per heavy atom. The van der Waals surface area contributed by atoms with Crippen LogP contribution >= 0.6 is 0 Å². The number of carbonyl (C=O) groups is 1. The zero-order valence-electron chi connectivity index (χ0n) is 13.3. The number of rotatable bonds is 4. The molecule has 24 heavy (non-hydrogen) atoms. The van der Waals surface area contributed by atoms with E-state index in [9.17, 15) is 4.79 Å². The molecule has 2 aromatic rings. The lowest BCUT2D eigenvalue weighted by molar-refractivity contribution is 0.100. The van der Waals surface area contributed by atoms with E-state index in [4.69, 9.17) is 5.73 Å². The van der Waals surface area contributed by atoms with E-state index in [-0.39, 0.29) is 0 Å². The van der Waals surface area contributed by atoms with Crippen molar-refractivity contribution in [1.29, 1.82) is 0 Å². The van der Waals surface area contributed by atoms with E-state index >= 15 is 0 Å². The molecule has 2 aromatic carbocycles. The SMILES string of the molecule is NC(=O)c1ccc(C#CC#Cc2ccc(CNC3CC3)cc2)cc1. The molecule has 0 unspecified atom stereocenters. The summed E-state index contributed by atoms with van der Waals surface area (Å²) in [4.78, 5) is 11.0. The highest BCUT2D eigenvalue weighted by atomic mass is 16.1. The predicted octanol–water partition coefficient (Wildman–Crippen LogP) is 2.44. The van der Waals surface area contributed by atoms with Gasteiger partial charge in [0.1, 0.15) is 0 Å². The summed E-state index contributed by atoms with van der Waals surface area (Å²) in [5.74, 6) is 11.2. The number of hydrogen-bond donors (Lipinski definition) is 2. The lowest BCUT2D eigenvalue weighted by Crippen LogP contribution is -2.15. The summed E-state index contributed by atoms with van der Waals surface area (Å²) in [6.07, 6.45) is 2.60. The second-order valence-electron chi connectivity index (χ2n) is 5.79. The lowest BCUT2D eigenvalue weighted by Gasteiger charge is -2.02. The second-order valence-corrected chi connectivity index (χ2v) is 5.79. The first kappa shape index (κ1) is 15.9. The van der Waals surface area contributed by atoms with Crippen molar-refractivity contribution in [2.24, 2.45) is 5.73 Å². The number of nitrogens with one attached hydrogen (secondary N) is 1. The molecule has 3 nitrogen and oxygen atoms in total. The fourth-order valence-corrected chi connectivity index (χ4v) is 2.18. The molecule has 1 aliphatic carbocycles. The van der Waals surface area contributed by atoms with Gasteiger partial charge in [-0.25, -0.2) is 0 Å². The van der Waals surface area contributed by atoms with Crippen molar-refractivity contribution < 1.29 is 4.79 Å². The number of amides is 1. The van der Waals surface area contributed by atoms with Gasteiger partial charge in [-0.3, -0.25) is 4.79 Å². The molecule has 0 bridgehead atoms. The Kier molecular flexibility index (Phi) is 4.96. The fourth-order valence-electron chi connectivity index (χ4n) is 2.18. The standard InChI is InChI=1S/C21H18N2O/c22-21(24)19-11-9-17(10-12-19)4-2-1-3-16-5-7-18(8-6-16)15-23-20-13-14-20/h5-12,20,23H,13-15H2,(H2,22,24). The van der Waals surface area contributed by atoms with Crippen LogP contribution in [0.3, 0.4) is 0 Å². The molecule has 1 amide bonds. The van der Waals surface area contributed by atoms with Gasteiger partial charge in [0.25, 0.3) is 0 Å². The van der Waals surface area contributed by atoms with Crippen molar-refractivity contribution in [2.75, 3.05) is 0 Å². The highest BCUT2D eigenvalue weighted by Gasteiger charge is 2.19. The highest BCUT2D eigenvalue weighted by molar-refractivity contribution is 5.92. The molecule has 1 aliphatic rings. The van der Waals surface area contributed by atoms with Gasteiger partial charge in [-0.15, -0.1) is 0 Å². The summed E-state index contributed by atoms with van der Waals surface area (Å²) in [5.41, 5.74) is 8.69. The molecule has 118 valence electrons. The van der Waals surface area contributed by atoms with Crippen LogP contribution in [0.1, 0.15) is 39.9 Å². The van der Waals surface area contributed by atoms with Crippen molar-refractivity contribution in [3.63, 3.8) is 0 Å². The third-order valence-electron chi connectivity index (χ3n) is 3.77. The van der Waals surface area contributed by atoms with Gasteiger partial charge in [-0.1, -0.05) is 24.0 Å². The Morgan fingerprint density at radius 2 is 1.50 bits per heavy atom. The van der Waals surface area contributed by atoms with E-state index in [1.54, 1.807) is 24.3 Å². The van der Waals surface area contributed by atoms with Crippen LogP contribution in [0.4, 0.5) is 0 Å². The summed E-state index contributed by atoms with van der Waals surface area (Å²) in [6.45, 7) is 0.916. The zero-order chi connectivity index (χ0) is 16.8. The molecule has 3 heteroatoms. The van der Waals surface area contributed by atoms with Crippen LogP contribution in [0, 0.1) is 23.7 Å². The van der Waals surface area contributed by atoms with Gasteiger partial charge in [-0.2, -0.15) is 0 Å². The quantitative estimate of drug-likeness (QED) is 0.852. The van der Waals surface area contributed by atoms with Crippen molar-refractivity contribution in [2.45, 2.75) is 25.4 Å². The minimum atomic E-state index is -0.440. The molecule has 0 spiro atoms. The largest absolute Gasteiger partial charge is 0.366 e. The van der Waals surface area contributed by atoms with E-state index in [2.05, 4.69) is 41.1 Å².